The third-order valence-corrected chi connectivity index (χ3v) is 14.8. The van der Waals surface area contributed by atoms with E-state index in [0.29, 0.717) is 0 Å². The fourth-order valence-corrected chi connectivity index (χ4v) is 14.1. The molecule has 0 unspecified atom stereocenters. The van der Waals surface area contributed by atoms with E-state index in [1.54, 1.807) is 21.2 Å². The van der Waals surface area contributed by atoms with Crippen LogP contribution in [-0.4, -0.2) is 12.3 Å². The molecular formula is C38H48P2. The minimum absolute atomic E-state index is 0.507. The number of benzene rings is 4. The summed E-state index contributed by atoms with van der Waals surface area (Å²) in [5, 5.41) is 6.39. The molecule has 0 radical (unpaired) electrons. The van der Waals surface area contributed by atoms with E-state index in [1.165, 1.54) is 79.1 Å². The first kappa shape index (κ1) is 30.7. The molecule has 0 N–H and O–H groups in total. The highest BCUT2D eigenvalue weighted by Gasteiger charge is 2.27. The van der Waals surface area contributed by atoms with Gasteiger partial charge in [-0.05, 0) is 177 Å². The van der Waals surface area contributed by atoms with Crippen LogP contribution in [0.3, 0.4) is 0 Å². The molecule has 0 amide bonds. The molecule has 0 aromatic heterocycles. The maximum Gasteiger partial charge on any atom is -0.0137 e. The summed E-state index contributed by atoms with van der Waals surface area (Å²) in [5.41, 5.74) is 17.1. The molecule has 0 saturated heterocycles. The van der Waals surface area contributed by atoms with E-state index in [-0.39, 0.29) is 0 Å². The summed E-state index contributed by atoms with van der Waals surface area (Å²) in [6, 6.07) is 19.2. The van der Waals surface area contributed by atoms with Crippen molar-refractivity contribution in [2.45, 2.75) is 83.1 Å². The highest BCUT2D eigenvalue weighted by atomic mass is 31.1. The first-order valence-corrected chi connectivity index (χ1v) is 17.7. The smallest absolute Gasteiger partial charge is 0.0137 e. The summed E-state index contributed by atoms with van der Waals surface area (Å²) in [5.74, 6) is 0. The quantitative estimate of drug-likeness (QED) is 0.196. The third-order valence-electron chi connectivity index (χ3n) is 8.17. The predicted molar refractivity (Wildman–Crippen MR) is 185 cm³/mol. The van der Waals surface area contributed by atoms with Gasteiger partial charge in [-0.1, -0.05) is 70.8 Å². The second-order valence-corrected chi connectivity index (χ2v) is 16.7. The molecule has 4 rings (SSSR count). The third kappa shape index (κ3) is 6.30. The van der Waals surface area contributed by atoms with Crippen LogP contribution in [0.2, 0.25) is 0 Å². The number of hydrogen-bond donors (Lipinski definition) is 0. The molecule has 0 spiro atoms. The molecule has 0 fully saturated rings. The molecule has 0 atom stereocenters. The van der Waals surface area contributed by atoms with Crippen LogP contribution in [0.5, 0.6) is 0 Å². The summed E-state index contributed by atoms with van der Waals surface area (Å²) in [6.07, 6.45) is 2.41. The van der Waals surface area contributed by atoms with Crippen LogP contribution in [0.1, 0.15) is 66.8 Å². The van der Waals surface area contributed by atoms with E-state index in [0.717, 1.165) is 0 Å². The normalized spacial score (nSPS) is 11.7. The van der Waals surface area contributed by atoms with E-state index in [4.69, 9.17) is 0 Å². The van der Waals surface area contributed by atoms with Crippen LogP contribution in [-0.2, 0) is 0 Å². The summed E-state index contributed by atoms with van der Waals surface area (Å²) >= 11 is 0. The van der Waals surface area contributed by atoms with Crippen molar-refractivity contribution in [2.24, 2.45) is 0 Å². The number of rotatable bonds is 7. The highest BCUT2D eigenvalue weighted by molar-refractivity contribution is 7.77. The second-order valence-electron chi connectivity index (χ2n) is 12.3. The van der Waals surface area contributed by atoms with Crippen LogP contribution in [0, 0.1) is 83.1 Å². The molecule has 0 bridgehead atoms. The van der Waals surface area contributed by atoms with Gasteiger partial charge in [-0.3, -0.25) is 0 Å². The number of hydrogen-bond acceptors (Lipinski definition) is 0. The Kier molecular flexibility index (Phi) is 9.45. The van der Waals surface area contributed by atoms with Crippen LogP contribution in [0.4, 0.5) is 0 Å². The van der Waals surface area contributed by atoms with Gasteiger partial charge in [-0.25, -0.2) is 0 Å². The Morgan fingerprint density at radius 3 is 0.600 bits per heavy atom. The van der Waals surface area contributed by atoms with E-state index < -0.39 is 15.8 Å². The van der Waals surface area contributed by atoms with Crippen molar-refractivity contribution in [1.29, 1.82) is 0 Å². The first-order valence-electron chi connectivity index (χ1n) is 14.6. The van der Waals surface area contributed by atoms with E-state index in [9.17, 15) is 0 Å². The maximum atomic E-state index is 2.40. The Morgan fingerprint density at radius 1 is 0.300 bits per heavy atom. The van der Waals surface area contributed by atoms with Crippen LogP contribution in [0.25, 0.3) is 0 Å². The largest absolute Gasteiger partial charge is 0.0557 e. The Labute approximate surface area is 247 Å². The zero-order valence-electron chi connectivity index (χ0n) is 26.9. The van der Waals surface area contributed by atoms with E-state index in [1.807, 2.05) is 0 Å². The standard InChI is InChI=1S/C38H48P2/c1-23-15-27(5)35(28(6)16-23)39(36-29(7)17-24(2)18-30(36)8)13-14-40(37-31(9)19-25(3)20-32(37)10)38-33(11)21-26(4)22-34(38)12/h15-22H,13-14H2,1-12H3. The lowest BCUT2D eigenvalue weighted by Gasteiger charge is -2.31. The average molecular weight is 567 g/mol. The van der Waals surface area contributed by atoms with Crippen LogP contribution >= 0.6 is 15.8 Å². The van der Waals surface area contributed by atoms with E-state index in [2.05, 4.69) is 132 Å². The van der Waals surface area contributed by atoms with Crippen molar-refractivity contribution in [2.75, 3.05) is 12.3 Å². The van der Waals surface area contributed by atoms with Gasteiger partial charge in [0.25, 0.3) is 0 Å². The minimum atomic E-state index is -0.507. The van der Waals surface area contributed by atoms with Crippen LogP contribution in [0.15, 0.2) is 48.5 Å². The maximum absolute atomic E-state index is 2.40. The van der Waals surface area contributed by atoms with Crippen molar-refractivity contribution in [3.8, 4) is 0 Å². The van der Waals surface area contributed by atoms with Gasteiger partial charge in [0, 0.05) is 0 Å². The highest BCUT2D eigenvalue weighted by Crippen LogP contribution is 2.46. The van der Waals surface area contributed by atoms with Gasteiger partial charge < -0.3 is 0 Å². The first-order chi connectivity index (χ1) is 18.8. The summed E-state index contributed by atoms with van der Waals surface area (Å²) in [7, 11) is -1.01. The van der Waals surface area contributed by atoms with E-state index >= 15 is 0 Å². The molecule has 0 nitrogen and oxygen atoms in total. The minimum Gasteiger partial charge on any atom is -0.0557 e. The molecule has 40 heavy (non-hydrogen) atoms. The van der Waals surface area contributed by atoms with Gasteiger partial charge in [0.2, 0.25) is 0 Å². The molecule has 4 aromatic rings. The fraction of sp³-hybridized carbons (Fsp3) is 0.368. The molecule has 0 aliphatic rings. The lowest BCUT2D eigenvalue weighted by molar-refractivity contribution is 1.33. The lowest BCUT2D eigenvalue weighted by Crippen LogP contribution is -2.28. The van der Waals surface area contributed by atoms with Gasteiger partial charge in [-0.15, -0.1) is 0 Å². The fourth-order valence-electron chi connectivity index (χ4n) is 7.26. The summed E-state index contributed by atoms with van der Waals surface area (Å²) in [4.78, 5) is 0. The Bertz CT molecular complexity index is 1250. The zero-order valence-corrected chi connectivity index (χ0v) is 28.7. The van der Waals surface area contributed by atoms with Crippen molar-refractivity contribution in [3.63, 3.8) is 0 Å². The monoisotopic (exact) mass is 566 g/mol. The molecule has 0 heterocycles. The van der Waals surface area contributed by atoms with Gasteiger partial charge >= 0.3 is 0 Å². The van der Waals surface area contributed by atoms with Crippen molar-refractivity contribution in [3.05, 3.63) is 115 Å². The molecule has 0 saturated carbocycles. The van der Waals surface area contributed by atoms with Crippen molar-refractivity contribution < 1.29 is 0 Å². The molecule has 0 aliphatic carbocycles. The predicted octanol–water partition coefficient (Wildman–Crippen LogP) is 8.95. The second kappa shape index (κ2) is 12.3. The molecular weight excluding hydrogens is 518 g/mol. The SMILES string of the molecule is Cc1cc(C)c(P(CCP(c2c(C)cc(C)cc2C)c2c(C)cc(C)cc2C)c2c(C)cc(C)cc2C)c(C)c1. The molecule has 0 aliphatic heterocycles. The molecule has 2 heteroatoms. The van der Waals surface area contributed by atoms with Gasteiger partial charge in [-0.2, -0.15) is 0 Å². The molecule has 4 aromatic carbocycles. The van der Waals surface area contributed by atoms with Gasteiger partial charge in [0.15, 0.2) is 0 Å². The average Bonchev–Trinajstić information content (AvgIpc) is 2.79. The Morgan fingerprint density at radius 2 is 0.450 bits per heavy atom. The summed E-state index contributed by atoms with van der Waals surface area (Å²) in [6.45, 7) is 27.7. The van der Waals surface area contributed by atoms with Gasteiger partial charge in [0.05, 0.1) is 0 Å². The van der Waals surface area contributed by atoms with Crippen LogP contribution < -0.4 is 21.2 Å². The summed E-state index contributed by atoms with van der Waals surface area (Å²) < 4.78 is 0. The molecule has 210 valence electrons. The lowest BCUT2D eigenvalue weighted by atomic mass is 10.1. The Balaban J connectivity index is 1.93. The van der Waals surface area contributed by atoms with Crippen molar-refractivity contribution >= 4 is 37.1 Å². The van der Waals surface area contributed by atoms with Gasteiger partial charge in [0.1, 0.15) is 0 Å². The zero-order chi connectivity index (χ0) is 29.5. The Hall–Kier alpha value is -2.26. The van der Waals surface area contributed by atoms with Crippen molar-refractivity contribution in [1.82, 2.24) is 0 Å². The number of aryl methyl sites for hydroxylation is 12. The topological polar surface area (TPSA) is 0 Å².